The van der Waals surface area contributed by atoms with Crippen LogP contribution in [0.5, 0.6) is 0 Å². The summed E-state index contributed by atoms with van der Waals surface area (Å²) in [5.41, 5.74) is -0.313. The normalized spacial score (nSPS) is 11.9. The Balaban J connectivity index is 3.03. The van der Waals surface area contributed by atoms with Crippen LogP contribution in [-0.2, 0) is 16.1 Å². The smallest absolute Gasteiger partial charge is 0.263 e. The molecule has 0 saturated heterocycles. The fraction of sp³-hybridized carbons (Fsp3) is 0.111. The predicted molar refractivity (Wildman–Crippen MR) is 60.0 cm³/mol. The molecule has 0 N–H and O–H groups in total. The lowest BCUT2D eigenvalue weighted by atomic mass is 10.2. The first-order chi connectivity index (χ1) is 7.41. The van der Waals surface area contributed by atoms with Crippen LogP contribution >= 0.6 is 10.7 Å². The molecule has 0 bridgehead atoms. The first-order valence-corrected chi connectivity index (χ1v) is 6.60. The monoisotopic (exact) mass is 258 g/mol. The highest BCUT2D eigenvalue weighted by atomic mass is 35.7. The van der Waals surface area contributed by atoms with Gasteiger partial charge < -0.3 is 4.57 Å². The Kier molecular flexibility index (Phi) is 2.47. The summed E-state index contributed by atoms with van der Waals surface area (Å²) in [6, 6.07) is 1.52. The predicted octanol–water partition coefficient (Wildman–Crippen LogP) is 0.861. The topological polar surface area (TPSA) is 69.0 Å². The van der Waals surface area contributed by atoms with Crippen molar-refractivity contribution in [3.8, 4) is 0 Å². The van der Waals surface area contributed by atoms with Gasteiger partial charge in [-0.05, 0) is 6.07 Å². The van der Waals surface area contributed by atoms with Crippen molar-refractivity contribution in [2.75, 3.05) is 0 Å². The molecule has 0 spiro atoms. The van der Waals surface area contributed by atoms with Crippen molar-refractivity contribution in [3.63, 3.8) is 0 Å². The van der Waals surface area contributed by atoms with Crippen LogP contribution in [0.25, 0.3) is 10.8 Å². The van der Waals surface area contributed by atoms with Gasteiger partial charge in [-0.3, -0.25) is 9.78 Å². The number of fused-ring (bicyclic) bond motifs is 1. The summed E-state index contributed by atoms with van der Waals surface area (Å²) < 4.78 is 23.9. The molecule has 2 aromatic rings. The highest BCUT2D eigenvalue weighted by Gasteiger charge is 2.15. The lowest BCUT2D eigenvalue weighted by molar-refractivity contribution is 0.610. The Labute approximate surface area is 95.7 Å². The fourth-order valence-electron chi connectivity index (χ4n) is 1.43. The van der Waals surface area contributed by atoms with Crippen molar-refractivity contribution in [2.24, 2.45) is 7.05 Å². The number of rotatable bonds is 1. The van der Waals surface area contributed by atoms with Crippen molar-refractivity contribution >= 4 is 30.5 Å². The van der Waals surface area contributed by atoms with E-state index in [1.54, 1.807) is 7.05 Å². The van der Waals surface area contributed by atoms with Gasteiger partial charge in [0.1, 0.15) is 4.90 Å². The summed E-state index contributed by atoms with van der Waals surface area (Å²) in [7, 11) is 2.93. The van der Waals surface area contributed by atoms with E-state index in [1.165, 1.54) is 23.0 Å². The molecule has 0 radical (unpaired) electrons. The second kappa shape index (κ2) is 3.57. The van der Waals surface area contributed by atoms with Gasteiger partial charge in [0.15, 0.2) is 0 Å². The lowest BCUT2D eigenvalue weighted by Crippen LogP contribution is -2.16. The van der Waals surface area contributed by atoms with E-state index in [1.807, 2.05) is 0 Å². The van der Waals surface area contributed by atoms with Gasteiger partial charge in [-0.1, -0.05) is 0 Å². The molecule has 0 aromatic carbocycles. The van der Waals surface area contributed by atoms with Crippen molar-refractivity contribution in [2.45, 2.75) is 4.90 Å². The Hall–Kier alpha value is -1.40. The third-order valence-electron chi connectivity index (χ3n) is 2.23. The van der Waals surface area contributed by atoms with Gasteiger partial charge in [-0.15, -0.1) is 0 Å². The summed E-state index contributed by atoms with van der Waals surface area (Å²) in [5.74, 6) is 0. The third kappa shape index (κ3) is 1.70. The van der Waals surface area contributed by atoms with Crippen molar-refractivity contribution in [3.05, 3.63) is 35.0 Å². The Bertz CT molecular complexity index is 721. The first-order valence-electron chi connectivity index (χ1n) is 4.29. The maximum Gasteiger partial charge on any atom is 0.263 e. The lowest BCUT2D eigenvalue weighted by Gasteiger charge is -2.03. The van der Waals surface area contributed by atoms with E-state index in [9.17, 15) is 13.2 Å². The molecule has 2 aromatic heterocycles. The fourth-order valence-corrected chi connectivity index (χ4v) is 2.43. The molecule has 84 valence electrons. The number of nitrogens with zero attached hydrogens (tertiary/aromatic N) is 2. The molecule has 2 rings (SSSR count). The number of aromatic nitrogens is 2. The minimum Gasteiger partial charge on any atom is -0.318 e. The van der Waals surface area contributed by atoms with E-state index in [0.717, 1.165) is 6.20 Å². The Morgan fingerprint density at radius 1 is 1.31 bits per heavy atom. The van der Waals surface area contributed by atoms with Gasteiger partial charge in [0, 0.05) is 41.7 Å². The van der Waals surface area contributed by atoms with Crippen LogP contribution in [0, 0.1) is 0 Å². The molecule has 16 heavy (non-hydrogen) atoms. The van der Waals surface area contributed by atoms with Crippen LogP contribution in [0.1, 0.15) is 0 Å². The van der Waals surface area contributed by atoms with Crippen LogP contribution < -0.4 is 5.56 Å². The molecular formula is C9H7ClN2O3S. The molecule has 2 heterocycles. The van der Waals surface area contributed by atoms with Gasteiger partial charge >= 0.3 is 0 Å². The SMILES string of the molecule is Cn1ccc2c(S(=O)(=O)Cl)cncc2c1=O. The van der Waals surface area contributed by atoms with Crippen LogP contribution in [-0.4, -0.2) is 18.0 Å². The van der Waals surface area contributed by atoms with Gasteiger partial charge in [0.2, 0.25) is 0 Å². The molecule has 0 aliphatic rings. The third-order valence-corrected chi connectivity index (χ3v) is 3.58. The highest BCUT2D eigenvalue weighted by Crippen LogP contribution is 2.22. The van der Waals surface area contributed by atoms with Gasteiger partial charge in [-0.2, -0.15) is 0 Å². The average molecular weight is 259 g/mol. The molecule has 0 fully saturated rings. The maximum atomic E-state index is 11.7. The Morgan fingerprint density at radius 2 is 2.00 bits per heavy atom. The molecule has 0 saturated carbocycles. The van der Waals surface area contributed by atoms with E-state index in [0.29, 0.717) is 0 Å². The number of halogens is 1. The van der Waals surface area contributed by atoms with Crippen LogP contribution in [0.15, 0.2) is 34.3 Å². The van der Waals surface area contributed by atoms with Crippen molar-refractivity contribution in [1.82, 2.24) is 9.55 Å². The zero-order chi connectivity index (χ0) is 11.9. The van der Waals surface area contributed by atoms with Crippen molar-refractivity contribution in [1.29, 1.82) is 0 Å². The minimum absolute atomic E-state index is 0.149. The van der Waals surface area contributed by atoms with Crippen molar-refractivity contribution < 1.29 is 8.42 Å². The summed E-state index contributed by atoms with van der Waals surface area (Å²) in [4.78, 5) is 15.2. The molecule has 5 nitrogen and oxygen atoms in total. The highest BCUT2D eigenvalue weighted by molar-refractivity contribution is 8.14. The average Bonchev–Trinajstić information content (AvgIpc) is 2.21. The van der Waals surface area contributed by atoms with Crippen LogP contribution in [0.2, 0.25) is 0 Å². The number of hydrogen-bond donors (Lipinski definition) is 0. The molecule has 0 unspecified atom stereocenters. The zero-order valence-corrected chi connectivity index (χ0v) is 9.79. The summed E-state index contributed by atoms with van der Waals surface area (Å²) in [6.07, 6.45) is 3.93. The molecular weight excluding hydrogens is 252 g/mol. The molecule has 7 heteroatoms. The number of hydrogen-bond acceptors (Lipinski definition) is 4. The summed E-state index contributed by atoms with van der Waals surface area (Å²) in [5, 5.41) is 0.514. The Morgan fingerprint density at radius 3 is 2.62 bits per heavy atom. The maximum absolute atomic E-state index is 11.7. The second-order valence-electron chi connectivity index (χ2n) is 3.27. The molecule has 0 aliphatic carbocycles. The van der Waals surface area contributed by atoms with Gasteiger partial charge in [0.25, 0.3) is 14.6 Å². The summed E-state index contributed by atoms with van der Waals surface area (Å²) in [6.45, 7) is 0. The van der Waals surface area contributed by atoms with Gasteiger partial charge in [0.05, 0.1) is 5.39 Å². The van der Waals surface area contributed by atoms with E-state index in [2.05, 4.69) is 4.98 Å². The van der Waals surface area contributed by atoms with Crippen LogP contribution in [0.4, 0.5) is 0 Å². The minimum atomic E-state index is -3.90. The number of pyridine rings is 2. The van der Waals surface area contributed by atoms with E-state index in [-0.39, 0.29) is 21.2 Å². The van der Waals surface area contributed by atoms with Gasteiger partial charge in [-0.25, -0.2) is 8.42 Å². The first kappa shape index (κ1) is 11.1. The van der Waals surface area contributed by atoms with E-state index >= 15 is 0 Å². The quantitative estimate of drug-likeness (QED) is 0.712. The largest absolute Gasteiger partial charge is 0.318 e. The standard InChI is InChI=1S/C9H7ClN2O3S/c1-12-3-2-6-7(9(12)13)4-11-5-8(6)16(10,14)15/h2-5H,1H3. The summed E-state index contributed by atoms with van der Waals surface area (Å²) >= 11 is 0. The molecule has 0 amide bonds. The molecule has 0 aliphatic heterocycles. The number of aryl methyl sites for hydroxylation is 1. The zero-order valence-electron chi connectivity index (χ0n) is 8.21. The van der Waals surface area contributed by atoms with E-state index in [4.69, 9.17) is 10.7 Å². The second-order valence-corrected chi connectivity index (χ2v) is 5.80. The van der Waals surface area contributed by atoms with Crippen LogP contribution in [0.3, 0.4) is 0 Å². The van der Waals surface area contributed by atoms with E-state index < -0.39 is 9.05 Å². The molecule has 0 atom stereocenters.